The summed E-state index contributed by atoms with van der Waals surface area (Å²) >= 11 is 6.04. The van der Waals surface area contributed by atoms with Gasteiger partial charge in [0.25, 0.3) is 5.91 Å². The van der Waals surface area contributed by atoms with E-state index in [1.165, 1.54) is 23.3 Å². The normalized spacial score (nSPS) is 17.5. The Balaban J connectivity index is 1.27. The summed E-state index contributed by atoms with van der Waals surface area (Å²) in [6.45, 7) is 5.15. The Morgan fingerprint density at radius 1 is 1.08 bits per heavy atom. The lowest BCUT2D eigenvalue weighted by atomic mass is 9.74. The summed E-state index contributed by atoms with van der Waals surface area (Å²) in [4.78, 5) is 21.7. The lowest BCUT2D eigenvalue weighted by Crippen LogP contribution is -2.46. The van der Waals surface area contributed by atoms with Crippen molar-refractivity contribution in [2.45, 2.75) is 31.4 Å². The molecule has 0 N–H and O–H groups in total. The Morgan fingerprint density at radius 3 is 2.49 bits per heavy atom. The molecule has 4 nitrogen and oxygen atoms in total. The molecule has 0 aliphatic carbocycles. The van der Waals surface area contributed by atoms with Crippen molar-refractivity contribution in [3.63, 3.8) is 0 Å². The number of pyridine rings is 1. The molecule has 3 aromatic rings. The maximum Gasteiger partial charge on any atom is 0.416 e. The number of hydrogen-bond acceptors (Lipinski definition) is 3. The van der Waals surface area contributed by atoms with Gasteiger partial charge in [-0.2, -0.15) is 13.2 Å². The maximum atomic E-state index is 13.4. The average Bonchev–Trinajstić information content (AvgIpc) is 3.17. The molecule has 1 fully saturated rings. The van der Waals surface area contributed by atoms with Crippen LogP contribution in [-0.4, -0.2) is 42.0 Å². The highest BCUT2D eigenvalue weighted by atomic mass is 35.5. The van der Waals surface area contributed by atoms with E-state index in [9.17, 15) is 18.0 Å². The number of fused-ring (bicyclic) bond motifs is 2. The monoisotopic (exact) mass is 525 g/mol. The van der Waals surface area contributed by atoms with E-state index in [4.69, 9.17) is 11.6 Å². The van der Waals surface area contributed by atoms with Crippen LogP contribution in [-0.2, 0) is 11.6 Å². The smallest absolute Gasteiger partial charge is 0.307 e. The first-order valence-electron chi connectivity index (χ1n) is 12.3. The molecule has 3 heterocycles. The van der Waals surface area contributed by atoms with Gasteiger partial charge in [-0.1, -0.05) is 53.6 Å². The molecule has 5 rings (SSSR count). The van der Waals surface area contributed by atoms with Crippen molar-refractivity contribution in [3.05, 3.63) is 99.8 Å². The molecular weight excluding hydrogens is 499 g/mol. The predicted octanol–water partition coefficient (Wildman–Crippen LogP) is 6.77. The lowest BCUT2D eigenvalue weighted by molar-refractivity contribution is -0.137. The molecule has 37 heavy (non-hydrogen) atoms. The zero-order valence-corrected chi connectivity index (χ0v) is 21.2. The number of piperidine rings is 1. The van der Waals surface area contributed by atoms with E-state index in [1.54, 1.807) is 18.3 Å². The maximum absolute atomic E-state index is 13.4. The highest BCUT2D eigenvalue weighted by molar-refractivity contribution is 6.29. The Labute approximate surface area is 219 Å². The fraction of sp³-hybridized carbons (Fsp3) is 0.310. The van der Waals surface area contributed by atoms with Crippen molar-refractivity contribution in [1.29, 1.82) is 0 Å². The van der Waals surface area contributed by atoms with Gasteiger partial charge < -0.3 is 4.90 Å². The zero-order chi connectivity index (χ0) is 26.2. The summed E-state index contributed by atoms with van der Waals surface area (Å²) in [7, 11) is 0. The Bertz CT molecular complexity index is 1330. The van der Waals surface area contributed by atoms with E-state index in [1.807, 2.05) is 29.2 Å². The first-order chi connectivity index (χ1) is 17.6. The van der Waals surface area contributed by atoms with Gasteiger partial charge in [0.05, 0.1) is 5.56 Å². The second-order valence-corrected chi connectivity index (χ2v) is 10.3. The fourth-order valence-electron chi connectivity index (χ4n) is 5.37. The molecule has 0 unspecified atom stereocenters. The number of carbonyl (C=O) groups is 1. The molecule has 1 aromatic heterocycles. The number of anilines is 1. The van der Waals surface area contributed by atoms with Crippen molar-refractivity contribution in [3.8, 4) is 0 Å². The number of carbonyl (C=O) groups excluding carboxylic acids is 1. The highest BCUT2D eigenvalue weighted by Gasteiger charge is 2.46. The summed E-state index contributed by atoms with van der Waals surface area (Å²) in [6.07, 6.45) is 2.91. The molecule has 1 amide bonds. The van der Waals surface area contributed by atoms with Crippen LogP contribution in [0.1, 0.15) is 45.5 Å². The van der Waals surface area contributed by atoms with Gasteiger partial charge in [-0.3, -0.25) is 9.69 Å². The van der Waals surface area contributed by atoms with Crippen LogP contribution in [0.25, 0.3) is 6.08 Å². The number of halogens is 4. The average molecular weight is 526 g/mol. The van der Waals surface area contributed by atoms with Crippen LogP contribution >= 0.6 is 11.6 Å². The number of aryl methyl sites for hydroxylation is 1. The van der Waals surface area contributed by atoms with Gasteiger partial charge in [0.15, 0.2) is 0 Å². The van der Waals surface area contributed by atoms with Crippen LogP contribution < -0.4 is 4.90 Å². The van der Waals surface area contributed by atoms with Gasteiger partial charge in [0.1, 0.15) is 5.15 Å². The summed E-state index contributed by atoms with van der Waals surface area (Å²) in [5.41, 5.74) is 3.86. The van der Waals surface area contributed by atoms with Gasteiger partial charge in [-0.15, -0.1) is 0 Å². The molecule has 2 aromatic carbocycles. The molecule has 8 heteroatoms. The summed E-state index contributed by atoms with van der Waals surface area (Å²) in [5.74, 6) is -0.0758. The number of alkyl halides is 3. The van der Waals surface area contributed by atoms with Crippen molar-refractivity contribution in [1.82, 2.24) is 9.88 Å². The van der Waals surface area contributed by atoms with Crippen LogP contribution in [0.4, 0.5) is 18.9 Å². The quantitative estimate of drug-likeness (QED) is 0.353. The number of amides is 1. The van der Waals surface area contributed by atoms with Gasteiger partial charge in [-0.25, -0.2) is 4.98 Å². The van der Waals surface area contributed by atoms with Crippen molar-refractivity contribution in [2.75, 3.05) is 31.1 Å². The third-order valence-corrected chi connectivity index (χ3v) is 7.63. The Morgan fingerprint density at radius 2 is 1.81 bits per heavy atom. The molecule has 1 saturated heterocycles. The minimum atomic E-state index is -4.32. The molecule has 1 spiro atoms. The van der Waals surface area contributed by atoms with Crippen LogP contribution in [0, 0.1) is 6.92 Å². The van der Waals surface area contributed by atoms with Crippen LogP contribution in [0.2, 0.25) is 5.15 Å². The van der Waals surface area contributed by atoms with E-state index < -0.39 is 11.7 Å². The van der Waals surface area contributed by atoms with E-state index in [2.05, 4.69) is 22.9 Å². The topological polar surface area (TPSA) is 36.4 Å². The summed E-state index contributed by atoms with van der Waals surface area (Å²) < 4.78 is 38.3. The van der Waals surface area contributed by atoms with E-state index in [0.717, 1.165) is 55.9 Å². The van der Waals surface area contributed by atoms with Gasteiger partial charge in [0, 0.05) is 36.0 Å². The zero-order valence-electron chi connectivity index (χ0n) is 20.4. The summed E-state index contributed by atoms with van der Waals surface area (Å²) in [6, 6.07) is 14.8. The van der Waals surface area contributed by atoms with Gasteiger partial charge in [0.2, 0.25) is 0 Å². The number of aromatic nitrogens is 1. The van der Waals surface area contributed by atoms with E-state index >= 15 is 0 Å². The number of benzene rings is 2. The number of hydrogen-bond donors (Lipinski definition) is 0. The third kappa shape index (κ3) is 5.29. The molecule has 2 aliphatic heterocycles. The standard InChI is InChI=1S/C29H27ClF3N3O/c1-20-4-9-25-24(17-20)28(19-36(25)27(37)22-10-13-34-26(30)18-22)11-15-35(16-12-28)14-2-3-21-5-7-23(8-6-21)29(31,32)33/h2-10,13,17-18H,11-12,14-16,19H2,1H3. The number of rotatable bonds is 4. The SMILES string of the molecule is Cc1ccc2c(c1)C1(CCN(CC=Cc3ccc(C(F)(F)F)cc3)CC1)CN2C(=O)c1ccnc(Cl)c1. The van der Waals surface area contributed by atoms with Gasteiger partial charge in [-0.05, 0) is 74.3 Å². The summed E-state index contributed by atoms with van der Waals surface area (Å²) in [5, 5.41) is 0.293. The highest BCUT2D eigenvalue weighted by Crippen LogP contribution is 2.48. The number of nitrogens with zero attached hydrogens (tertiary/aromatic N) is 3. The first kappa shape index (κ1) is 25.5. The lowest BCUT2D eigenvalue weighted by Gasteiger charge is -2.39. The first-order valence-corrected chi connectivity index (χ1v) is 12.6. The van der Waals surface area contributed by atoms with Crippen LogP contribution in [0.15, 0.2) is 66.9 Å². The fourth-order valence-corrected chi connectivity index (χ4v) is 5.54. The van der Waals surface area contributed by atoms with Crippen molar-refractivity contribution in [2.24, 2.45) is 0 Å². The van der Waals surface area contributed by atoms with Crippen LogP contribution in [0.3, 0.4) is 0 Å². The van der Waals surface area contributed by atoms with E-state index in [-0.39, 0.29) is 11.3 Å². The Hall–Kier alpha value is -3.16. The van der Waals surface area contributed by atoms with Crippen LogP contribution in [0.5, 0.6) is 0 Å². The van der Waals surface area contributed by atoms with Crippen molar-refractivity contribution >= 4 is 29.3 Å². The molecular formula is C29H27ClF3N3O. The molecule has 192 valence electrons. The minimum absolute atomic E-state index is 0.0758. The minimum Gasteiger partial charge on any atom is -0.307 e. The Kier molecular flexibility index (Phi) is 6.86. The third-order valence-electron chi connectivity index (χ3n) is 7.42. The molecule has 0 bridgehead atoms. The molecule has 0 radical (unpaired) electrons. The molecule has 0 atom stereocenters. The van der Waals surface area contributed by atoms with Gasteiger partial charge >= 0.3 is 6.18 Å². The molecule has 2 aliphatic rings. The number of likely N-dealkylation sites (tertiary alicyclic amines) is 1. The predicted molar refractivity (Wildman–Crippen MR) is 140 cm³/mol. The van der Waals surface area contributed by atoms with Crippen molar-refractivity contribution < 1.29 is 18.0 Å². The molecule has 0 saturated carbocycles. The second kappa shape index (κ2) is 9.95. The van der Waals surface area contributed by atoms with E-state index in [0.29, 0.717) is 17.3 Å². The second-order valence-electron chi connectivity index (χ2n) is 9.88. The largest absolute Gasteiger partial charge is 0.416 e.